The van der Waals surface area contributed by atoms with Crippen LogP contribution in [0.15, 0.2) is 18.2 Å². The Kier molecular flexibility index (Phi) is 2.57. The Morgan fingerprint density at radius 2 is 2.06 bits per heavy atom. The molecule has 0 aliphatic heterocycles. The van der Waals surface area contributed by atoms with Gasteiger partial charge >= 0.3 is 6.18 Å². The number of fused-ring (bicyclic) bond motifs is 1. The van der Waals surface area contributed by atoms with E-state index in [1.165, 1.54) is 25.3 Å². The van der Waals surface area contributed by atoms with Crippen molar-refractivity contribution >= 4 is 11.0 Å². The lowest BCUT2D eigenvalue weighted by Crippen LogP contribution is -2.14. The smallest absolute Gasteiger partial charge is 0.342 e. The number of imidazole rings is 1. The van der Waals surface area contributed by atoms with Gasteiger partial charge in [0.2, 0.25) is 0 Å². The van der Waals surface area contributed by atoms with E-state index >= 15 is 0 Å². The molecule has 1 heterocycles. The van der Waals surface area contributed by atoms with Gasteiger partial charge in [-0.05, 0) is 24.1 Å². The second-order valence-electron chi connectivity index (χ2n) is 4.91. The van der Waals surface area contributed by atoms with Gasteiger partial charge in [-0.15, -0.1) is 0 Å². The number of alkyl halides is 3. The van der Waals surface area contributed by atoms with Gasteiger partial charge in [-0.25, -0.2) is 4.98 Å². The van der Waals surface area contributed by atoms with Crippen molar-refractivity contribution in [1.82, 2.24) is 9.97 Å². The Hall–Kier alpha value is -1.52. The number of rotatable bonds is 2. The van der Waals surface area contributed by atoms with Crippen molar-refractivity contribution in [3.8, 4) is 0 Å². The molecule has 1 saturated carbocycles. The van der Waals surface area contributed by atoms with E-state index < -0.39 is 11.7 Å². The SMILES string of the molecule is FC(F)(F)c1ccc2nc(CC3CCC3)[nH]c2c1. The van der Waals surface area contributed by atoms with Crippen molar-refractivity contribution in [2.45, 2.75) is 31.9 Å². The van der Waals surface area contributed by atoms with Crippen molar-refractivity contribution in [2.24, 2.45) is 5.92 Å². The molecular weight excluding hydrogens is 241 g/mol. The average Bonchev–Trinajstić information content (AvgIpc) is 2.63. The molecule has 1 N–H and O–H groups in total. The molecule has 0 amide bonds. The molecule has 2 aromatic rings. The molecule has 18 heavy (non-hydrogen) atoms. The summed E-state index contributed by atoms with van der Waals surface area (Å²) in [4.78, 5) is 7.33. The van der Waals surface area contributed by atoms with Gasteiger partial charge in [0.05, 0.1) is 16.6 Å². The Morgan fingerprint density at radius 3 is 2.67 bits per heavy atom. The zero-order chi connectivity index (χ0) is 12.8. The molecule has 0 spiro atoms. The molecule has 1 aliphatic rings. The molecular formula is C13H13F3N2. The Labute approximate surface area is 102 Å². The number of H-pyrrole nitrogens is 1. The molecule has 3 rings (SSSR count). The fourth-order valence-electron chi connectivity index (χ4n) is 2.31. The molecule has 0 unspecified atom stereocenters. The van der Waals surface area contributed by atoms with Crippen LogP contribution >= 0.6 is 0 Å². The van der Waals surface area contributed by atoms with Gasteiger partial charge < -0.3 is 4.98 Å². The van der Waals surface area contributed by atoms with Gasteiger partial charge in [0.1, 0.15) is 5.82 Å². The molecule has 2 nitrogen and oxygen atoms in total. The third-order valence-corrected chi connectivity index (χ3v) is 3.57. The molecule has 96 valence electrons. The molecule has 0 radical (unpaired) electrons. The first kappa shape index (κ1) is 11.6. The summed E-state index contributed by atoms with van der Waals surface area (Å²) in [6, 6.07) is 3.64. The minimum Gasteiger partial charge on any atom is -0.342 e. The fraction of sp³-hybridized carbons (Fsp3) is 0.462. The number of hydrogen-bond acceptors (Lipinski definition) is 1. The van der Waals surface area contributed by atoms with Crippen LogP contribution in [0.2, 0.25) is 0 Å². The maximum atomic E-state index is 12.6. The zero-order valence-electron chi connectivity index (χ0n) is 9.72. The lowest BCUT2D eigenvalue weighted by Gasteiger charge is -2.23. The Morgan fingerprint density at radius 1 is 1.28 bits per heavy atom. The van der Waals surface area contributed by atoms with Crippen LogP contribution in [-0.2, 0) is 12.6 Å². The van der Waals surface area contributed by atoms with Gasteiger partial charge in [0, 0.05) is 6.42 Å². The summed E-state index contributed by atoms with van der Waals surface area (Å²) in [6.45, 7) is 0. The summed E-state index contributed by atoms with van der Waals surface area (Å²) in [6.07, 6.45) is 0.197. The van der Waals surface area contributed by atoms with Gasteiger partial charge in [-0.3, -0.25) is 0 Å². The van der Waals surface area contributed by atoms with E-state index in [0.717, 1.165) is 24.4 Å². The van der Waals surface area contributed by atoms with Crippen molar-refractivity contribution in [3.05, 3.63) is 29.6 Å². The minimum atomic E-state index is -4.30. The van der Waals surface area contributed by atoms with Gasteiger partial charge in [-0.1, -0.05) is 19.3 Å². The molecule has 5 heteroatoms. The summed E-state index contributed by atoms with van der Waals surface area (Å²) in [5, 5.41) is 0. The molecule has 0 bridgehead atoms. The number of benzene rings is 1. The highest BCUT2D eigenvalue weighted by atomic mass is 19.4. The van der Waals surface area contributed by atoms with Crippen molar-refractivity contribution in [3.63, 3.8) is 0 Å². The van der Waals surface area contributed by atoms with Crippen LogP contribution in [0, 0.1) is 5.92 Å². The van der Waals surface area contributed by atoms with Crippen LogP contribution in [0.4, 0.5) is 13.2 Å². The van der Waals surface area contributed by atoms with Gasteiger partial charge in [-0.2, -0.15) is 13.2 Å². The van der Waals surface area contributed by atoms with E-state index in [-0.39, 0.29) is 0 Å². The van der Waals surface area contributed by atoms with Crippen molar-refractivity contribution in [2.75, 3.05) is 0 Å². The first-order valence-corrected chi connectivity index (χ1v) is 6.08. The zero-order valence-corrected chi connectivity index (χ0v) is 9.72. The predicted molar refractivity (Wildman–Crippen MR) is 62.1 cm³/mol. The summed E-state index contributed by atoms with van der Waals surface area (Å²) in [5.41, 5.74) is 0.449. The van der Waals surface area contributed by atoms with Crippen LogP contribution in [0.25, 0.3) is 11.0 Å². The first-order valence-electron chi connectivity index (χ1n) is 6.08. The molecule has 0 atom stereocenters. The molecule has 0 saturated heterocycles. The quantitative estimate of drug-likeness (QED) is 0.864. The number of nitrogens with one attached hydrogen (secondary N) is 1. The molecule has 1 aliphatic carbocycles. The maximum absolute atomic E-state index is 12.6. The standard InChI is InChI=1S/C13H13F3N2/c14-13(15,16)9-4-5-10-11(7-9)18-12(17-10)6-8-2-1-3-8/h4-5,7-8H,1-3,6H2,(H,17,18). The van der Waals surface area contributed by atoms with E-state index in [2.05, 4.69) is 9.97 Å². The van der Waals surface area contributed by atoms with Crippen LogP contribution in [0.5, 0.6) is 0 Å². The molecule has 1 aromatic heterocycles. The van der Waals surface area contributed by atoms with Crippen molar-refractivity contribution in [1.29, 1.82) is 0 Å². The fourth-order valence-corrected chi connectivity index (χ4v) is 2.31. The number of nitrogens with zero attached hydrogens (tertiary/aromatic N) is 1. The Balaban J connectivity index is 1.91. The van der Waals surface area contributed by atoms with E-state index in [9.17, 15) is 13.2 Å². The highest BCUT2D eigenvalue weighted by Gasteiger charge is 2.30. The Bertz CT molecular complexity index is 567. The number of aromatic nitrogens is 2. The average molecular weight is 254 g/mol. The van der Waals surface area contributed by atoms with Crippen molar-refractivity contribution < 1.29 is 13.2 Å². The molecule has 1 fully saturated rings. The van der Waals surface area contributed by atoms with Gasteiger partial charge in [0.25, 0.3) is 0 Å². The van der Waals surface area contributed by atoms with Crippen LogP contribution in [0.3, 0.4) is 0 Å². The highest BCUT2D eigenvalue weighted by Crippen LogP contribution is 2.32. The monoisotopic (exact) mass is 254 g/mol. The summed E-state index contributed by atoms with van der Waals surface area (Å²) >= 11 is 0. The van der Waals surface area contributed by atoms with Crippen LogP contribution < -0.4 is 0 Å². The van der Waals surface area contributed by atoms with E-state index in [0.29, 0.717) is 17.0 Å². The summed E-state index contributed by atoms with van der Waals surface area (Å²) in [5.74, 6) is 1.45. The van der Waals surface area contributed by atoms with Crippen LogP contribution in [-0.4, -0.2) is 9.97 Å². The lowest BCUT2D eigenvalue weighted by molar-refractivity contribution is -0.137. The third kappa shape index (κ3) is 2.09. The summed E-state index contributed by atoms with van der Waals surface area (Å²) in [7, 11) is 0. The maximum Gasteiger partial charge on any atom is 0.416 e. The second-order valence-corrected chi connectivity index (χ2v) is 4.91. The number of hydrogen-bond donors (Lipinski definition) is 1. The minimum absolute atomic E-state index is 0.471. The largest absolute Gasteiger partial charge is 0.416 e. The predicted octanol–water partition coefficient (Wildman–Crippen LogP) is 3.92. The summed E-state index contributed by atoms with van der Waals surface area (Å²) < 4.78 is 37.7. The first-order chi connectivity index (χ1) is 8.52. The highest BCUT2D eigenvalue weighted by molar-refractivity contribution is 5.76. The van der Waals surface area contributed by atoms with E-state index in [1.54, 1.807) is 0 Å². The van der Waals surface area contributed by atoms with E-state index in [4.69, 9.17) is 0 Å². The van der Waals surface area contributed by atoms with Gasteiger partial charge in [0.15, 0.2) is 0 Å². The lowest BCUT2D eigenvalue weighted by atomic mass is 9.83. The second kappa shape index (κ2) is 4.00. The normalized spacial score (nSPS) is 17.1. The molecule has 1 aromatic carbocycles. The van der Waals surface area contributed by atoms with Crippen LogP contribution in [0.1, 0.15) is 30.7 Å². The number of aromatic amines is 1. The third-order valence-electron chi connectivity index (χ3n) is 3.57. The topological polar surface area (TPSA) is 28.7 Å². The number of halogens is 3. The van der Waals surface area contributed by atoms with E-state index in [1.807, 2.05) is 0 Å².